The fourth-order valence-corrected chi connectivity index (χ4v) is 5.02. The number of likely N-dealkylation sites (tertiary alicyclic amines) is 1. The van der Waals surface area contributed by atoms with Crippen LogP contribution in [0.1, 0.15) is 57.3 Å². The van der Waals surface area contributed by atoms with Gasteiger partial charge in [-0.25, -0.2) is 4.68 Å². The van der Waals surface area contributed by atoms with Crippen molar-refractivity contribution < 1.29 is 14.7 Å². The first-order chi connectivity index (χ1) is 15.1. The van der Waals surface area contributed by atoms with E-state index in [1.54, 1.807) is 10.9 Å². The largest absolute Gasteiger partial charge is 0.391 e. The van der Waals surface area contributed by atoms with E-state index in [1.807, 2.05) is 32.5 Å². The second-order valence-electron chi connectivity index (χ2n) is 9.97. The van der Waals surface area contributed by atoms with E-state index in [0.717, 1.165) is 37.1 Å². The number of nitrogens with zero attached hydrogens (tertiary/aromatic N) is 6. The van der Waals surface area contributed by atoms with Crippen LogP contribution in [0.25, 0.3) is 11.4 Å². The number of amides is 2. The van der Waals surface area contributed by atoms with Gasteiger partial charge in [0.15, 0.2) is 0 Å². The molecule has 2 aromatic heterocycles. The summed E-state index contributed by atoms with van der Waals surface area (Å²) in [4.78, 5) is 27.5. The number of carbonyl (C=O) groups excluding carboxylic acids is 2. The van der Waals surface area contributed by atoms with Gasteiger partial charge in [-0.2, -0.15) is 5.10 Å². The maximum atomic E-state index is 13.7. The molecule has 2 aromatic rings. The Morgan fingerprint density at radius 2 is 1.97 bits per heavy atom. The molecule has 1 fully saturated rings. The number of aliphatic hydroxyl groups excluding tert-OH is 1. The number of hydrogen-bond donors (Lipinski definition) is 2. The molecule has 0 bridgehead atoms. The van der Waals surface area contributed by atoms with Crippen LogP contribution in [0.2, 0.25) is 0 Å². The number of β-amino-alcohol motifs (C(OH)–C–C–N with tert-alkyl or cyclic N) is 1. The summed E-state index contributed by atoms with van der Waals surface area (Å²) in [6, 6.07) is -1.37. The van der Waals surface area contributed by atoms with Crippen molar-refractivity contribution in [2.75, 3.05) is 13.6 Å². The molecule has 2 amide bonds. The minimum atomic E-state index is -0.728. The summed E-state index contributed by atoms with van der Waals surface area (Å²) in [5.41, 5.74) is 3.48. The minimum absolute atomic E-state index is 0.125. The minimum Gasteiger partial charge on any atom is -0.391 e. The number of nitrogens with one attached hydrogen (secondary N) is 1. The maximum absolute atomic E-state index is 13.7. The highest BCUT2D eigenvalue weighted by Gasteiger charge is 2.45. The van der Waals surface area contributed by atoms with Gasteiger partial charge in [-0.15, -0.1) is 5.10 Å². The number of aliphatic hydroxyl groups is 1. The number of aromatic nitrogens is 5. The van der Waals surface area contributed by atoms with Crippen molar-refractivity contribution in [3.63, 3.8) is 0 Å². The van der Waals surface area contributed by atoms with Crippen molar-refractivity contribution in [1.29, 1.82) is 0 Å². The van der Waals surface area contributed by atoms with E-state index in [4.69, 9.17) is 0 Å². The number of aryl methyl sites for hydroxylation is 2. The van der Waals surface area contributed by atoms with Gasteiger partial charge < -0.3 is 15.3 Å². The average Bonchev–Trinajstić information content (AvgIpc) is 3.42. The number of rotatable bonds is 4. The molecule has 0 radical (unpaired) electrons. The van der Waals surface area contributed by atoms with Gasteiger partial charge >= 0.3 is 0 Å². The maximum Gasteiger partial charge on any atom is 0.248 e. The van der Waals surface area contributed by atoms with Crippen LogP contribution in [0.3, 0.4) is 0 Å². The van der Waals surface area contributed by atoms with Crippen LogP contribution in [0, 0.1) is 5.41 Å². The first-order valence-electron chi connectivity index (χ1n) is 11.3. The standard InChI is InChI=1S/C22H33N7O3/c1-22(2,3)19(21(32)28-11-13(30)10-17(28)20(31)23-4)29-12-16(24-26-29)18-14-8-6-7-9-15(14)25-27(18)5/h12-13,17,19,30H,6-11H2,1-5H3,(H,23,31)/t13-,17+,19-/m1/s1. The van der Waals surface area contributed by atoms with E-state index < -0.39 is 23.6 Å². The van der Waals surface area contributed by atoms with E-state index in [2.05, 4.69) is 20.7 Å². The lowest BCUT2D eigenvalue weighted by Crippen LogP contribution is -2.49. The Hall–Kier alpha value is -2.75. The molecule has 2 N–H and O–H groups in total. The van der Waals surface area contributed by atoms with Gasteiger partial charge in [-0.3, -0.25) is 14.3 Å². The summed E-state index contributed by atoms with van der Waals surface area (Å²) >= 11 is 0. The van der Waals surface area contributed by atoms with Gasteiger partial charge in [0.05, 0.1) is 23.7 Å². The van der Waals surface area contributed by atoms with Crippen molar-refractivity contribution in [1.82, 2.24) is 35.0 Å². The van der Waals surface area contributed by atoms with E-state index in [9.17, 15) is 14.7 Å². The number of fused-ring (bicyclic) bond motifs is 1. The molecule has 10 heteroatoms. The van der Waals surface area contributed by atoms with Crippen LogP contribution >= 0.6 is 0 Å². The predicted octanol–water partition coefficient (Wildman–Crippen LogP) is 0.852. The fraction of sp³-hybridized carbons (Fsp3) is 0.682. The summed E-state index contributed by atoms with van der Waals surface area (Å²) in [6.07, 6.45) is 5.51. The second kappa shape index (κ2) is 8.31. The lowest BCUT2D eigenvalue weighted by molar-refractivity contribution is -0.144. The van der Waals surface area contributed by atoms with E-state index in [1.165, 1.54) is 17.5 Å². The molecule has 0 unspecified atom stereocenters. The summed E-state index contributed by atoms with van der Waals surface area (Å²) in [6.45, 7) is 6.01. The van der Waals surface area contributed by atoms with Crippen molar-refractivity contribution in [2.45, 2.75) is 71.1 Å². The topological polar surface area (TPSA) is 118 Å². The number of carbonyl (C=O) groups is 2. The van der Waals surface area contributed by atoms with Crippen LogP contribution in [0.5, 0.6) is 0 Å². The zero-order valence-corrected chi connectivity index (χ0v) is 19.5. The zero-order chi connectivity index (χ0) is 23.2. The highest BCUT2D eigenvalue weighted by molar-refractivity contribution is 5.90. The van der Waals surface area contributed by atoms with E-state index >= 15 is 0 Å². The Balaban J connectivity index is 1.69. The Labute approximate surface area is 188 Å². The number of hydrogen-bond acceptors (Lipinski definition) is 6. The third-order valence-corrected chi connectivity index (χ3v) is 6.50. The van der Waals surface area contributed by atoms with Crippen LogP contribution in [0.4, 0.5) is 0 Å². The molecule has 2 aliphatic rings. The third kappa shape index (κ3) is 3.92. The Bertz CT molecular complexity index is 1020. The third-order valence-electron chi connectivity index (χ3n) is 6.50. The Kier molecular flexibility index (Phi) is 5.83. The smallest absolute Gasteiger partial charge is 0.248 e. The molecule has 0 spiro atoms. The molecule has 174 valence electrons. The Morgan fingerprint density at radius 3 is 2.66 bits per heavy atom. The van der Waals surface area contributed by atoms with Gasteiger partial charge in [-0.1, -0.05) is 26.0 Å². The first kappa shape index (κ1) is 22.4. The van der Waals surface area contributed by atoms with Crippen molar-refractivity contribution in [3.8, 4) is 11.4 Å². The molecule has 32 heavy (non-hydrogen) atoms. The molecule has 0 saturated carbocycles. The SMILES string of the molecule is CNC(=O)[C@@H]1C[C@@H](O)CN1C(=O)[C@@H](n1cc(-c2c3c(nn2C)CCCC3)nn1)C(C)(C)C. The molecule has 10 nitrogen and oxygen atoms in total. The van der Waals surface area contributed by atoms with Crippen LogP contribution in [-0.4, -0.2) is 72.3 Å². The molecule has 1 saturated heterocycles. The van der Waals surface area contributed by atoms with Gasteiger partial charge in [-0.05, 0) is 31.1 Å². The second-order valence-corrected chi connectivity index (χ2v) is 9.97. The normalized spacial score (nSPS) is 22.0. The monoisotopic (exact) mass is 443 g/mol. The first-order valence-corrected chi connectivity index (χ1v) is 11.3. The van der Waals surface area contributed by atoms with Crippen LogP contribution in [-0.2, 0) is 29.5 Å². The van der Waals surface area contributed by atoms with Crippen molar-refractivity contribution >= 4 is 11.8 Å². The van der Waals surface area contributed by atoms with Crippen molar-refractivity contribution in [2.24, 2.45) is 12.5 Å². The highest BCUT2D eigenvalue weighted by atomic mass is 16.3. The lowest BCUT2D eigenvalue weighted by Gasteiger charge is -2.34. The van der Waals surface area contributed by atoms with Crippen LogP contribution < -0.4 is 5.32 Å². The summed E-state index contributed by atoms with van der Waals surface area (Å²) < 4.78 is 3.46. The molecular formula is C22H33N7O3. The number of likely N-dealkylation sites (N-methyl/N-ethyl adjacent to an activating group) is 1. The van der Waals surface area contributed by atoms with Gasteiger partial charge in [0.1, 0.15) is 17.8 Å². The van der Waals surface area contributed by atoms with E-state index in [0.29, 0.717) is 5.69 Å². The predicted molar refractivity (Wildman–Crippen MR) is 118 cm³/mol. The average molecular weight is 444 g/mol. The lowest BCUT2D eigenvalue weighted by atomic mass is 9.85. The van der Waals surface area contributed by atoms with Crippen LogP contribution in [0.15, 0.2) is 6.20 Å². The van der Waals surface area contributed by atoms with E-state index in [-0.39, 0.29) is 24.8 Å². The van der Waals surface area contributed by atoms with Crippen molar-refractivity contribution in [3.05, 3.63) is 17.5 Å². The quantitative estimate of drug-likeness (QED) is 0.723. The molecule has 3 heterocycles. The molecular weight excluding hydrogens is 410 g/mol. The molecule has 1 aliphatic carbocycles. The van der Waals surface area contributed by atoms with Gasteiger partial charge in [0, 0.05) is 32.6 Å². The summed E-state index contributed by atoms with van der Waals surface area (Å²) in [7, 11) is 3.45. The van der Waals surface area contributed by atoms with Gasteiger partial charge in [0.25, 0.3) is 0 Å². The summed E-state index contributed by atoms with van der Waals surface area (Å²) in [5, 5.41) is 26.2. The van der Waals surface area contributed by atoms with Gasteiger partial charge in [0.2, 0.25) is 11.8 Å². The zero-order valence-electron chi connectivity index (χ0n) is 19.5. The molecule has 4 rings (SSSR count). The molecule has 1 aliphatic heterocycles. The summed E-state index contributed by atoms with van der Waals surface area (Å²) in [5.74, 6) is -0.519. The highest BCUT2D eigenvalue weighted by Crippen LogP contribution is 2.36. The molecule has 3 atom stereocenters. The molecule has 0 aromatic carbocycles. The fourth-order valence-electron chi connectivity index (χ4n) is 5.02. The Morgan fingerprint density at radius 1 is 1.25 bits per heavy atom.